The highest BCUT2D eigenvalue weighted by Gasteiger charge is 2.06. The topological polar surface area (TPSA) is 55.3 Å². The van der Waals surface area contributed by atoms with Gasteiger partial charge in [0.2, 0.25) is 0 Å². The number of aromatic nitrogens is 1. The highest BCUT2D eigenvalue weighted by molar-refractivity contribution is 7.09. The molecule has 0 fully saturated rings. The Morgan fingerprint density at radius 1 is 1.47 bits per heavy atom. The van der Waals surface area contributed by atoms with Gasteiger partial charge in [0.05, 0.1) is 23.2 Å². The highest BCUT2D eigenvalue weighted by atomic mass is 32.1. The number of thiazole rings is 1. The number of hydrogen-bond donors (Lipinski definition) is 1. The Hall–Kier alpha value is -1.17. The van der Waals surface area contributed by atoms with Crippen LogP contribution in [0.25, 0.3) is 0 Å². The van der Waals surface area contributed by atoms with Crippen molar-refractivity contribution in [1.29, 1.82) is 0 Å². The van der Waals surface area contributed by atoms with Gasteiger partial charge in [0.15, 0.2) is 0 Å². The van der Waals surface area contributed by atoms with E-state index >= 15 is 0 Å². The Bertz CT molecular complexity index is 438. The zero-order valence-corrected chi connectivity index (χ0v) is 10.7. The number of furan rings is 1. The molecule has 0 saturated heterocycles. The van der Waals surface area contributed by atoms with Crippen LogP contribution in [-0.2, 0) is 19.5 Å². The summed E-state index contributed by atoms with van der Waals surface area (Å²) in [4.78, 5) is 6.76. The smallest absolute Gasteiger partial charge is 0.0947 e. The lowest BCUT2D eigenvalue weighted by Crippen LogP contribution is -2.17. The van der Waals surface area contributed by atoms with Crippen molar-refractivity contribution in [3.8, 4) is 0 Å². The van der Waals surface area contributed by atoms with Gasteiger partial charge in [0.1, 0.15) is 0 Å². The third kappa shape index (κ3) is 3.66. The minimum absolute atomic E-state index is 0.664. The molecular formula is C12H17N3OS. The summed E-state index contributed by atoms with van der Waals surface area (Å²) < 4.78 is 5.05. The summed E-state index contributed by atoms with van der Waals surface area (Å²) >= 11 is 1.69. The van der Waals surface area contributed by atoms with Gasteiger partial charge in [0.25, 0.3) is 0 Å². The van der Waals surface area contributed by atoms with E-state index in [0.717, 1.165) is 30.2 Å². The maximum Gasteiger partial charge on any atom is 0.0947 e. The summed E-state index contributed by atoms with van der Waals surface area (Å²) in [6, 6.07) is 1.98. The molecule has 2 N–H and O–H groups in total. The Kier molecular flexibility index (Phi) is 4.30. The predicted octanol–water partition coefficient (Wildman–Crippen LogP) is 1.87. The molecule has 2 rings (SSSR count). The van der Waals surface area contributed by atoms with Gasteiger partial charge < -0.3 is 10.2 Å². The monoisotopic (exact) mass is 251 g/mol. The third-order valence-corrected chi connectivity index (χ3v) is 3.38. The molecule has 92 valence electrons. The van der Waals surface area contributed by atoms with Gasteiger partial charge in [-0.25, -0.2) is 4.98 Å². The maximum absolute atomic E-state index is 5.51. The maximum atomic E-state index is 5.51. The van der Waals surface area contributed by atoms with Crippen molar-refractivity contribution >= 4 is 11.3 Å². The molecule has 2 aromatic rings. The number of nitrogens with two attached hydrogens (primary N) is 1. The van der Waals surface area contributed by atoms with Crippen LogP contribution in [0.4, 0.5) is 0 Å². The number of rotatable bonds is 6. The Balaban J connectivity index is 1.86. The second-order valence-corrected chi connectivity index (χ2v) is 5.02. The van der Waals surface area contributed by atoms with E-state index < -0.39 is 0 Å². The summed E-state index contributed by atoms with van der Waals surface area (Å²) in [5, 5.41) is 3.23. The fourth-order valence-corrected chi connectivity index (χ4v) is 2.49. The molecule has 0 atom stereocenters. The normalized spacial score (nSPS) is 11.2. The Morgan fingerprint density at radius 2 is 2.35 bits per heavy atom. The first-order valence-electron chi connectivity index (χ1n) is 5.61. The first-order chi connectivity index (χ1) is 8.28. The predicted molar refractivity (Wildman–Crippen MR) is 68.8 cm³/mol. The van der Waals surface area contributed by atoms with Crippen LogP contribution in [0.3, 0.4) is 0 Å². The molecule has 0 amide bonds. The van der Waals surface area contributed by atoms with Gasteiger partial charge in [-0.1, -0.05) is 0 Å². The van der Waals surface area contributed by atoms with Crippen LogP contribution in [0, 0.1) is 0 Å². The van der Waals surface area contributed by atoms with Crippen molar-refractivity contribution in [1.82, 2.24) is 9.88 Å². The molecule has 0 aliphatic rings. The SMILES string of the molecule is CN(Cc1ccoc1)Cc1csc(CCN)n1. The third-order valence-electron chi connectivity index (χ3n) is 2.42. The minimum atomic E-state index is 0.664. The van der Waals surface area contributed by atoms with Crippen molar-refractivity contribution < 1.29 is 4.42 Å². The van der Waals surface area contributed by atoms with Crippen LogP contribution >= 0.6 is 11.3 Å². The second-order valence-electron chi connectivity index (χ2n) is 4.08. The highest BCUT2D eigenvalue weighted by Crippen LogP contribution is 2.13. The molecule has 0 aromatic carbocycles. The van der Waals surface area contributed by atoms with Crippen molar-refractivity contribution in [2.24, 2.45) is 5.73 Å². The van der Waals surface area contributed by atoms with E-state index in [9.17, 15) is 0 Å². The first kappa shape index (κ1) is 12.3. The Morgan fingerprint density at radius 3 is 3.06 bits per heavy atom. The van der Waals surface area contributed by atoms with Crippen LogP contribution in [0.1, 0.15) is 16.3 Å². The van der Waals surface area contributed by atoms with Gasteiger partial charge >= 0.3 is 0 Å². The van der Waals surface area contributed by atoms with E-state index in [1.54, 1.807) is 23.9 Å². The zero-order chi connectivity index (χ0) is 12.1. The number of nitrogens with zero attached hydrogens (tertiary/aromatic N) is 2. The van der Waals surface area contributed by atoms with E-state index in [0.29, 0.717) is 6.54 Å². The van der Waals surface area contributed by atoms with E-state index in [4.69, 9.17) is 10.2 Å². The molecule has 5 heteroatoms. The second kappa shape index (κ2) is 5.95. The van der Waals surface area contributed by atoms with Gasteiger partial charge in [0, 0.05) is 30.5 Å². The molecule has 0 radical (unpaired) electrons. The van der Waals surface area contributed by atoms with Crippen molar-refractivity contribution in [2.75, 3.05) is 13.6 Å². The summed E-state index contributed by atoms with van der Waals surface area (Å²) in [5.41, 5.74) is 7.81. The van der Waals surface area contributed by atoms with Gasteiger partial charge in [-0.15, -0.1) is 11.3 Å². The molecule has 0 aliphatic carbocycles. The molecule has 0 saturated carbocycles. The van der Waals surface area contributed by atoms with E-state index in [2.05, 4.69) is 22.3 Å². The van der Waals surface area contributed by atoms with Crippen LogP contribution in [0.5, 0.6) is 0 Å². The minimum Gasteiger partial charge on any atom is -0.472 e. The summed E-state index contributed by atoms with van der Waals surface area (Å²) in [6.07, 6.45) is 4.35. The summed E-state index contributed by atoms with van der Waals surface area (Å²) in [5.74, 6) is 0. The van der Waals surface area contributed by atoms with Crippen LogP contribution in [0.2, 0.25) is 0 Å². The lowest BCUT2D eigenvalue weighted by atomic mass is 10.3. The molecule has 2 aromatic heterocycles. The molecule has 2 heterocycles. The van der Waals surface area contributed by atoms with E-state index in [1.807, 2.05) is 6.07 Å². The largest absolute Gasteiger partial charge is 0.472 e. The number of hydrogen-bond acceptors (Lipinski definition) is 5. The molecule has 17 heavy (non-hydrogen) atoms. The zero-order valence-electron chi connectivity index (χ0n) is 9.93. The average Bonchev–Trinajstić information content (AvgIpc) is 2.91. The fourth-order valence-electron chi connectivity index (χ4n) is 1.69. The van der Waals surface area contributed by atoms with Gasteiger partial charge in [-0.05, 0) is 19.7 Å². The quantitative estimate of drug-likeness (QED) is 0.851. The lowest BCUT2D eigenvalue weighted by molar-refractivity contribution is 0.314. The summed E-state index contributed by atoms with van der Waals surface area (Å²) in [7, 11) is 2.08. The molecular weight excluding hydrogens is 234 g/mol. The fraction of sp³-hybridized carbons (Fsp3) is 0.417. The van der Waals surface area contributed by atoms with Gasteiger partial charge in [-0.3, -0.25) is 4.90 Å². The van der Waals surface area contributed by atoms with Crippen molar-refractivity contribution in [2.45, 2.75) is 19.5 Å². The molecule has 0 spiro atoms. The lowest BCUT2D eigenvalue weighted by Gasteiger charge is -2.13. The van der Waals surface area contributed by atoms with Crippen LogP contribution < -0.4 is 5.73 Å². The molecule has 0 unspecified atom stereocenters. The first-order valence-corrected chi connectivity index (χ1v) is 6.49. The van der Waals surface area contributed by atoms with E-state index in [-0.39, 0.29) is 0 Å². The summed E-state index contributed by atoms with van der Waals surface area (Å²) in [6.45, 7) is 2.39. The molecule has 0 aliphatic heterocycles. The van der Waals surface area contributed by atoms with Crippen molar-refractivity contribution in [3.05, 3.63) is 40.2 Å². The van der Waals surface area contributed by atoms with Gasteiger partial charge in [-0.2, -0.15) is 0 Å². The molecule has 4 nitrogen and oxygen atoms in total. The average molecular weight is 251 g/mol. The van der Waals surface area contributed by atoms with E-state index in [1.165, 1.54) is 5.56 Å². The van der Waals surface area contributed by atoms with Crippen molar-refractivity contribution in [3.63, 3.8) is 0 Å². The van der Waals surface area contributed by atoms with Crippen LogP contribution in [-0.4, -0.2) is 23.5 Å². The molecule has 0 bridgehead atoms. The van der Waals surface area contributed by atoms with Crippen LogP contribution in [0.15, 0.2) is 28.4 Å². The Labute approximate surface area is 105 Å². The standard InChI is InChI=1S/C12H17N3OS/c1-15(6-10-3-5-16-8-10)7-11-9-17-12(14-11)2-4-13/h3,5,8-9H,2,4,6-7,13H2,1H3.